The van der Waals surface area contributed by atoms with Crippen molar-refractivity contribution < 1.29 is 19.4 Å². The van der Waals surface area contributed by atoms with Crippen LogP contribution in [0.1, 0.15) is 31.0 Å². The van der Waals surface area contributed by atoms with Gasteiger partial charge in [-0.3, -0.25) is 9.36 Å². The number of ether oxygens (including phenoxy) is 2. The largest absolute Gasteiger partial charge is 0.507 e. The van der Waals surface area contributed by atoms with Crippen molar-refractivity contribution in [1.82, 2.24) is 4.57 Å². The van der Waals surface area contributed by atoms with Crippen LogP contribution in [0.4, 0.5) is 0 Å². The molecule has 1 atom stereocenters. The summed E-state index contributed by atoms with van der Waals surface area (Å²) in [6, 6.07) is 17.5. The standard InChI is InChI=1S/C28H24N2O5S/c1-4-35-27(33)24-16(2)29-28-30(26(32)23(36-28)15-17-9-5-8-12-21(17)31)25(24)20-13-14-22(34-3)19-11-7-6-10-18(19)20/h5-15,25,31H,4H2,1-3H3/b23-15-/t25-/m1/s1. The summed E-state index contributed by atoms with van der Waals surface area (Å²) >= 11 is 1.21. The second-order valence-corrected chi connectivity index (χ2v) is 9.27. The number of carbonyl (C=O) groups is 1. The number of allylic oxidation sites excluding steroid dienone is 1. The average Bonchev–Trinajstić information content (AvgIpc) is 3.18. The first-order valence-corrected chi connectivity index (χ1v) is 12.3. The average molecular weight is 501 g/mol. The fourth-order valence-corrected chi connectivity index (χ4v) is 5.59. The van der Waals surface area contributed by atoms with Crippen LogP contribution in [0.25, 0.3) is 16.8 Å². The lowest BCUT2D eigenvalue weighted by molar-refractivity contribution is -0.139. The van der Waals surface area contributed by atoms with E-state index in [1.54, 1.807) is 55.9 Å². The fraction of sp³-hybridized carbons (Fsp3) is 0.179. The van der Waals surface area contributed by atoms with Crippen molar-refractivity contribution in [2.75, 3.05) is 13.7 Å². The van der Waals surface area contributed by atoms with Gasteiger partial charge in [0.05, 0.1) is 35.6 Å². The molecule has 7 nitrogen and oxygen atoms in total. The Bertz CT molecular complexity index is 1710. The zero-order valence-corrected chi connectivity index (χ0v) is 20.8. The van der Waals surface area contributed by atoms with Crippen molar-refractivity contribution in [2.24, 2.45) is 4.99 Å². The molecule has 5 rings (SSSR count). The smallest absolute Gasteiger partial charge is 0.338 e. The van der Waals surface area contributed by atoms with Crippen LogP contribution in [-0.4, -0.2) is 29.4 Å². The summed E-state index contributed by atoms with van der Waals surface area (Å²) in [5.41, 5.74) is 1.79. The molecule has 4 aromatic rings. The van der Waals surface area contributed by atoms with E-state index in [4.69, 9.17) is 9.47 Å². The summed E-state index contributed by atoms with van der Waals surface area (Å²) < 4.78 is 12.9. The van der Waals surface area contributed by atoms with Gasteiger partial charge >= 0.3 is 5.97 Å². The van der Waals surface area contributed by atoms with E-state index < -0.39 is 12.0 Å². The minimum absolute atomic E-state index is 0.0735. The number of nitrogens with zero attached hydrogens (tertiary/aromatic N) is 2. The van der Waals surface area contributed by atoms with E-state index in [1.807, 2.05) is 36.4 Å². The number of aromatic nitrogens is 1. The molecule has 0 saturated carbocycles. The minimum atomic E-state index is -0.748. The predicted octanol–water partition coefficient (Wildman–Crippen LogP) is 3.67. The molecule has 182 valence electrons. The maximum absolute atomic E-state index is 13.8. The highest BCUT2D eigenvalue weighted by Crippen LogP contribution is 2.37. The third kappa shape index (κ3) is 3.89. The Morgan fingerprint density at radius 3 is 2.56 bits per heavy atom. The second-order valence-electron chi connectivity index (χ2n) is 8.26. The minimum Gasteiger partial charge on any atom is -0.507 e. The Labute approximate surface area is 210 Å². The number of para-hydroxylation sites is 1. The van der Waals surface area contributed by atoms with Gasteiger partial charge in [0.15, 0.2) is 4.80 Å². The van der Waals surface area contributed by atoms with Crippen molar-refractivity contribution in [2.45, 2.75) is 19.9 Å². The summed E-state index contributed by atoms with van der Waals surface area (Å²) in [5, 5.41) is 12.0. The molecule has 0 bridgehead atoms. The normalized spacial score (nSPS) is 15.5. The topological polar surface area (TPSA) is 90.1 Å². The second kappa shape index (κ2) is 9.47. The highest BCUT2D eigenvalue weighted by atomic mass is 32.1. The van der Waals surface area contributed by atoms with Gasteiger partial charge in [0.2, 0.25) is 0 Å². The summed E-state index contributed by atoms with van der Waals surface area (Å²) in [4.78, 5) is 32.1. The number of phenolic OH excluding ortho intramolecular Hbond substituents is 1. The van der Waals surface area contributed by atoms with E-state index in [1.165, 1.54) is 11.3 Å². The number of phenols is 1. The molecule has 0 radical (unpaired) electrons. The third-order valence-electron chi connectivity index (χ3n) is 6.17. The SMILES string of the molecule is CCOC(=O)C1=C(C)N=c2s/c(=C\c3ccccc3O)c(=O)n2[C@@H]1c1ccc(OC)c2ccccc12. The summed E-state index contributed by atoms with van der Waals surface area (Å²) in [6.07, 6.45) is 1.64. The molecule has 1 aromatic heterocycles. The number of esters is 1. The summed E-state index contributed by atoms with van der Waals surface area (Å²) in [5.74, 6) is 0.253. The third-order valence-corrected chi connectivity index (χ3v) is 7.16. The molecule has 0 aliphatic carbocycles. The van der Waals surface area contributed by atoms with Crippen LogP contribution in [-0.2, 0) is 9.53 Å². The number of fused-ring (bicyclic) bond motifs is 2. The van der Waals surface area contributed by atoms with Crippen molar-refractivity contribution in [3.05, 3.63) is 103 Å². The molecule has 36 heavy (non-hydrogen) atoms. The van der Waals surface area contributed by atoms with Gasteiger partial charge in [0.25, 0.3) is 5.56 Å². The molecule has 0 saturated heterocycles. The van der Waals surface area contributed by atoms with E-state index in [9.17, 15) is 14.7 Å². The van der Waals surface area contributed by atoms with Crippen molar-refractivity contribution in [1.29, 1.82) is 0 Å². The van der Waals surface area contributed by atoms with Crippen LogP contribution in [0.5, 0.6) is 11.5 Å². The van der Waals surface area contributed by atoms with E-state index in [0.717, 1.165) is 16.3 Å². The summed E-state index contributed by atoms with van der Waals surface area (Å²) in [6.45, 7) is 3.70. The first kappa shape index (κ1) is 23.6. The zero-order valence-electron chi connectivity index (χ0n) is 20.0. The lowest BCUT2D eigenvalue weighted by atomic mass is 9.91. The van der Waals surface area contributed by atoms with E-state index >= 15 is 0 Å². The number of thiazole rings is 1. The lowest BCUT2D eigenvalue weighted by Crippen LogP contribution is -2.40. The van der Waals surface area contributed by atoms with Crippen LogP contribution in [0.15, 0.2) is 81.7 Å². The van der Waals surface area contributed by atoms with Gasteiger partial charge in [0.1, 0.15) is 11.5 Å². The molecule has 1 N–H and O–H groups in total. The van der Waals surface area contributed by atoms with Crippen LogP contribution in [0.2, 0.25) is 0 Å². The van der Waals surface area contributed by atoms with Gasteiger partial charge in [-0.2, -0.15) is 0 Å². The maximum Gasteiger partial charge on any atom is 0.338 e. The Morgan fingerprint density at radius 1 is 1.11 bits per heavy atom. The number of hydrogen-bond donors (Lipinski definition) is 1. The van der Waals surface area contributed by atoms with Crippen molar-refractivity contribution in [3.8, 4) is 11.5 Å². The van der Waals surface area contributed by atoms with Gasteiger partial charge in [0, 0.05) is 10.9 Å². The zero-order chi connectivity index (χ0) is 25.4. The predicted molar refractivity (Wildman–Crippen MR) is 139 cm³/mol. The number of aromatic hydroxyl groups is 1. The Balaban J connectivity index is 1.83. The first-order chi connectivity index (χ1) is 17.4. The summed E-state index contributed by atoms with van der Waals surface area (Å²) in [7, 11) is 1.61. The molecule has 0 spiro atoms. The molecule has 1 aliphatic heterocycles. The number of methoxy groups -OCH3 is 1. The molecule has 0 unspecified atom stereocenters. The molecular formula is C28H24N2O5S. The van der Waals surface area contributed by atoms with Gasteiger partial charge in [-0.25, -0.2) is 9.79 Å². The molecule has 0 fully saturated rings. The van der Waals surface area contributed by atoms with Gasteiger partial charge < -0.3 is 14.6 Å². The van der Waals surface area contributed by atoms with Crippen LogP contribution in [0.3, 0.4) is 0 Å². The van der Waals surface area contributed by atoms with Crippen molar-refractivity contribution >= 4 is 34.2 Å². The number of carbonyl (C=O) groups excluding carboxylic acids is 1. The van der Waals surface area contributed by atoms with E-state index in [2.05, 4.69) is 4.99 Å². The molecule has 3 aromatic carbocycles. The van der Waals surface area contributed by atoms with E-state index in [0.29, 0.717) is 31.9 Å². The van der Waals surface area contributed by atoms with Crippen molar-refractivity contribution in [3.63, 3.8) is 0 Å². The molecular weight excluding hydrogens is 476 g/mol. The van der Waals surface area contributed by atoms with E-state index in [-0.39, 0.29) is 17.9 Å². The Hall–Kier alpha value is -4.17. The highest BCUT2D eigenvalue weighted by Gasteiger charge is 2.34. The number of rotatable bonds is 5. The number of hydrogen-bond acceptors (Lipinski definition) is 7. The molecule has 8 heteroatoms. The van der Waals surface area contributed by atoms with Crippen LogP contribution >= 0.6 is 11.3 Å². The first-order valence-electron chi connectivity index (χ1n) is 11.5. The quantitative estimate of drug-likeness (QED) is 0.423. The van der Waals surface area contributed by atoms with Gasteiger partial charge in [-0.05, 0) is 43.0 Å². The monoisotopic (exact) mass is 500 g/mol. The Morgan fingerprint density at radius 2 is 1.83 bits per heavy atom. The lowest BCUT2D eigenvalue weighted by Gasteiger charge is -2.26. The fourth-order valence-electron chi connectivity index (χ4n) is 4.55. The molecule has 1 aliphatic rings. The Kier molecular flexibility index (Phi) is 6.20. The van der Waals surface area contributed by atoms with Crippen LogP contribution < -0.4 is 19.6 Å². The van der Waals surface area contributed by atoms with Gasteiger partial charge in [-0.1, -0.05) is 59.9 Å². The number of benzene rings is 3. The highest BCUT2D eigenvalue weighted by molar-refractivity contribution is 7.07. The maximum atomic E-state index is 13.8. The van der Waals surface area contributed by atoms with Crippen LogP contribution in [0, 0.1) is 0 Å². The van der Waals surface area contributed by atoms with Gasteiger partial charge in [-0.15, -0.1) is 0 Å². The molecule has 0 amide bonds. The molecule has 2 heterocycles.